The van der Waals surface area contributed by atoms with Crippen molar-refractivity contribution >= 4 is 26.6 Å². The van der Waals surface area contributed by atoms with Gasteiger partial charge in [0.25, 0.3) is 0 Å². The number of nitrogens with one attached hydrogen (secondary N) is 1. The van der Waals surface area contributed by atoms with Crippen LogP contribution in [-0.2, 0) is 16.4 Å². The molecule has 1 N–H and O–H groups in total. The third-order valence-corrected chi connectivity index (χ3v) is 4.86. The first-order valence-corrected chi connectivity index (χ1v) is 9.02. The van der Waals surface area contributed by atoms with Crippen molar-refractivity contribution in [3.05, 3.63) is 24.4 Å². The third-order valence-electron chi connectivity index (χ3n) is 3.74. The fourth-order valence-corrected chi connectivity index (χ4v) is 3.53. The van der Waals surface area contributed by atoms with Crippen LogP contribution in [0.15, 0.2) is 34.3 Å². The first kappa shape index (κ1) is 14.9. The highest BCUT2D eigenvalue weighted by molar-refractivity contribution is 7.91. The molecule has 0 saturated heterocycles. The van der Waals surface area contributed by atoms with Gasteiger partial charge in [-0.15, -0.1) is 0 Å². The van der Waals surface area contributed by atoms with Crippen molar-refractivity contribution in [2.24, 2.45) is 4.99 Å². The minimum absolute atomic E-state index is 0.335. The van der Waals surface area contributed by atoms with Crippen molar-refractivity contribution in [3.8, 4) is 5.75 Å². The fourth-order valence-electron chi connectivity index (χ4n) is 2.64. The van der Waals surface area contributed by atoms with Gasteiger partial charge in [-0.05, 0) is 18.6 Å². The van der Waals surface area contributed by atoms with Crippen molar-refractivity contribution < 1.29 is 13.2 Å². The standard InChI is InChI=1S/C15H19N3O3S/c1-21-11-4-5-12-13(8-11)18(9-14(12)22(2,19)20)10-15-16-6-3-7-17-15/h4-5,8-9H,3,6-7,10H2,1-2H3,(H,16,17). The number of methoxy groups -OCH3 is 1. The lowest BCUT2D eigenvalue weighted by Crippen LogP contribution is -2.32. The van der Waals surface area contributed by atoms with Gasteiger partial charge in [-0.1, -0.05) is 0 Å². The second kappa shape index (κ2) is 5.64. The SMILES string of the molecule is COc1ccc2c(S(C)(=O)=O)cn(CC3=NCCCN3)c2c1. The number of nitrogens with zero attached hydrogens (tertiary/aromatic N) is 2. The smallest absolute Gasteiger partial charge is 0.177 e. The minimum Gasteiger partial charge on any atom is -0.497 e. The number of benzene rings is 1. The number of hydrogen-bond acceptors (Lipinski definition) is 5. The lowest BCUT2D eigenvalue weighted by Gasteiger charge is -2.15. The molecular formula is C15H19N3O3S. The van der Waals surface area contributed by atoms with E-state index in [0.717, 1.165) is 30.9 Å². The quantitative estimate of drug-likeness (QED) is 0.925. The Bertz CT molecular complexity index is 837. The number of hydrogen-bond donors (Lipinski definition) is 1. The molecular weight excluding hydrogens is 302 g/mol. The number of aromatic nitrogens is 1. The van der Waals surface area contributed by atoms with Crippen LogP contribution >= 0.6 is 0 Å². The molecule has 1 aliphatic heterocycles. The highest BCUT2D eigenvalue weighted by atomic mass is 32.2. The van der Waals surface area contributed by atoms with Crippen molar-refractivity contribution in [1.82, 2.24) is 9.88 Å². The summed E-state index contributed by atoms with van der Waals surface area (Å²) in [7, 11) is -1.69. The van der Waals surface area contributed by atoms with Crippen LogP contribution in [0.25, 0.3) is 10.9 Å². The lowest BCUT2D eigenvalue weighted by molar-refractivity contribution is 0.415. The van der Waals surface area contributed by atoms with E-state index in [1.54, 1.807) is 25.4 Å². The summed E-state index contributed by atoms with van der Waals surface area (Å²) in [5, 5.41) is 3.97. The van der Waals surface area contributed by atoms with Gasteiger partial charge in [-0.2, -0.15) is 0 Å². The molecule has 0 aliphatic carbocycles. The van der Waals surface area contributed by atoms with E-state index in [1.807, 2.05) is 10.6 Å². The van der Waals surface area contributed by atoms with Gasteiger partial charge in [0, 0.05) is 37.0 Å². The van der Waals surface area contributed by atoms with E-state index in [2.05, 4.69) is 10.3 Å². The number of ether oxygens (including phenoxy) is 1. The Kier molecular flexibility index (Phi) is 3.82. The molecule has 0 atom stereocenters. The molecule has 2 heterocycles. The van der Waals surface area contributed by atoms with E-state index in [1.165, 1.54) is 6.26 Å². The van der Waals surface area contributed by atoms with Crippen molar-refractivity contribution in [1.29, 1.82) is 0 Å². The van der Waals surface area contributed by atoms with Crippen LogP contribution in [0.3, 0.4) is 0 Å². The van der Waals surface area contributed by atoms with Gasteiger partial charge < -0.3 is 14.6 Å². The first-order valence-electron chi connectivity index (χ1n) is 7.13. The summed E-state index contributed by atoms with van der Waals surface area (Å²) in [5.41, 5.74) is 0.829. The van der Waals surface area contributed by atoms with Crippen molar-refractivity contribution in [2.75, 3.05) is 26.5 Å². The number of fused-ring (bicyclic) bond motifs is 1. The number of aliphatic imine (C=N–C) groups is 1. The molecule has 0 amide bonds. The van der Waals surface area contributed by atoms with Crippen molar-refractivity contribution in [3.63, 3.8) is 0 Å². The average molecular weight is 321 g/mol. The largest absolute Gasteiger partial charge is 0.497 e. The molecule has 0 bridgehead atoms. The molecule has 1 aromatic heterocycles. The van der Waals surface area contributed by atoms with E-state index in [-0.39, 0.29) is 0 Å². The van der Waals surface area contributed by atoms with Crippen LogP contribution in [0.2, 0.25) is 0 Å². The number of sulfone groups is 1. The van der Waals surface area contributed by atoms with E-state index in [9.17, 15) is 8.42 Å². The number of rotatable bonds is 4. The van der Waals surface area contributed by atoms with Crippen LogP contribution in [0.1, 0.15) is 6.42 Å². The Morgan fingerprint density at radius 1 is 1.41 bits per heavy atom. The van der Waals surface area contributed by atoms with Gasteiger partial charge in [0.1, 0.15) is 11.6 Å². The Morgan fingerprint density at radius 2 is 2.23 bits per heavy atom. The highest BCUT2D eigenvalue weighted by Gasteiger charge is 2.18. The molecule has 6 nitrogen and oxygen atoms in total. The maximum absolute atomic E-state index is 12.0. The second-order valence-corrected chi connectivity index (χ2v) is 7.37. The van der Waals surface area contributed by atoms with E-state index in [0.29, 0.717) is 22.6 Å². The summed E-state index contributed by atoms with van der Waals surface area (Å²) in [5.74, 6) is 1.58. The van der Waals surface area contributed by atoms with Crippen LogP contribution in [0.5, 0.6) is 5.75 Å². The first-order chi connectivity index (χ1) is 10.5. The Morgan fingerprint density at radius 3 is 2.86 bits per heavy atom. The fraction of sp³-hybridized carbons (Fsp3) is 0.400. The molecule has 0 unspecified atom stereocenters. The van der Waals surface area contributed by atoms with Crippen LogP contribution in [0.4, 0.5) is 0 Å². The van der Waals surface area contributed by atoms with Gasteiger partial charge in [0.2, 0.25) is 0 Å². The van der Waals surface area contributed by atoms with E-state index in [4.69, 9.17) is 4.74 Å². The Balaban J connectivity index is 2.13. The van der Waals surface area contributed by atoms with E-state index < -0.39 is 9.84 Å². The molecule has 0 radical (unpaired) electrons. The van der Waals surface area contributed by atoms with Crippen LogP contribution in [-0.4, -0.2) is 45.3 Å². The van der Waals surface area contributed by atoms with Gasteiger partial charge >= 0.3 is 0 Å². The predicted octanol–water partition coefficient (Wildman–Crippen LogP) is 1.45. The lowest BCUT2D eigenvalue weighted by atomic mass is 10.2. The normalized spacial score (nSPS) is 15.5. The monoisotopic (exact) mass is 321 g/mol. The molecule has 7 heteroatoms. The molecule has 0 spiro atoms. The second-order valence-electron chi connectivity index (χ2n) is 5.39. The summed E-state index contributed by atoms with van der Waals surface area (Å²) in [4.78, 5) is 4.78. The molecule has 0 saturated carbocycles. The predicted molar refractivity (Wildman–Crippen MR) is 86.5 cm³/mol. The molecule has 118 valence electrons. The zero-order chi connectivity index (χ0) is 15.7. The van der Waals surface area contributed by atoms with Gasteiger partial charge in [0.15, 0.2) is 9.84 Å². The minimum atomic E-state index is -3.29. The average Bonchev–Trinajstić information content (AvgIpc) is 2.86. The molecule has 0 fully saturated rings. The summed E-state index contributed by atoms with van der Waals surface area (Å²) in [6, 6.07) is 5.42. The third kappa shape index (κ3) is 2.81. The zero-order valence-corrected chi connectivity index (χ0v) is 13.5. The highest BCUT2D eigenvalue weighted by Crippen LogP contribution is 2.28. The van der Waals surface area contributed by atoms with Crippen LogP contribution in [0, 0.1) is 0 Å². The van der Waals surface area contributed by atoms with Crippen LogP contribution < -0.4 is 10.1 Å². The Labute approximate surface area is 129 Å². The van der Waals surface area contributed by atoms with Gasteiger partial charge in [-0.25, -0.2) is 8.42 Å². The molecule has 1 aromatic carbocycles. The maximum Gasteiger partial charge on any atom is 0.177 e. The van der Waals surface area contributed by atoms with Crippen molar-refractivity contribution in [2.45, 2.75) is 17.9 Å². The van der Waals surface area contributed by atoms with Gasteiger partial charge in [-0.3, -0.25) is 4.99 Å². The molecule has 22 heavy (non-hydrogen) atoms. The summed E-state index contributed by atoms with van der Waals surface area (Å²) >= 11 is 0. The van der Waals surface area contributed by atoms with E-state index >= 15 is 0 Å². The summed E-state index contributed by atoms with van der Waals surface area (Å²) in [6.07, 6.45) is 3.93. The summed E-state index contributed by atoms with van der Waals surface area (Å²) in [6.45, 7) is 2.24. The molecule has 3 rings (SSSR count). The van der Waals surface area contributed by atoms with Gasteiger partial charge in [0.05, 0.1) is 24.1 Å². The summed E-state index contributed by atoms with van der Waals surface area (Å²) < 4.78 is 31.2. The molecule has 1 aliphatic rings. The number of amidine groups is 1. The zero-order valence-electron chi connectivity index (χ0n) is 12.7. The molecule has 2 aromatic rings. The topological polar surface area (TPSA) is 72.7 Å². The maximum atomic E-state index is 12.0. The Hall–Kier alpha value is -2.02.